The molecule has 2 aromatic carbocycles. The van der Waals surface area contributed by atoms with Gasteiger partial charge in [0.05, 0.1) is 18.4 Å². The van der Waals surface area contributed by atoms with Gasteiger partial charge < -0.3 is 15.8 Å². The van der Waals surface area contributed by atoms with Crippen LogP contribution in [0.5, 0.6) is 5.75 Å². The van der Waals surface area contributed by atoms with Crippen LogP contribution in [0.1, 0.15) is 25.3 Å². The zero-order valence-electron chi connectivity index (χ0n) is 16.8. The van der Waals surface area contributed by atoms with Crippen LogP contribution in [0, 0.1) is 0 Å². The first-order valence-corrected chi connectivity index (χ1v) is 10.6. The van der Waals surface area contributed by atoms with Crippen molar-refractivity contribution in [1.82, 2.24) is 4.90 Å². The zero-order valence-corrected chi connectivity index (χ0v) is 17.6. The highest BCUT2D eigenvalue weighted by Crippen LogP contribution is 2.28. The summed E-state index contributed by atoms with van der Waals surface area (Å²) in [4.78, 5) is 27.5. The molecular weight excluding hydrogens is 386 g/mol. The van der Waals surface area contributed by atoms with E-state index < -0.39 is 0 Å². The number of para-hydroxylation sites is 1. The van der Waals surface area contributed by atoms with Gasteiger partial charge in [0.2, 0.25) is 11.8 Å². The average molecular weight is 414 g/mol. The van der Waals surface area contributed by atoms with E-state index in [1.54, 1.807) is 7.11 Å². The Hall–Kier alpha value is -2.51. The van der Waals surface area contributed by atoms with Crippen molar-refractivity contribution in [2.45, 2.75) is 42.5 Å². The molecule has 0 saturated carbocycles. The van der Waals surface area contributed by atoms with Crippen molar-refractivity contribution in [3.8, 4) is 5.75 Å². The topological polar surface area (TPSA) is 84.7 Å². The van der Waals surface area contributed by atoms with Crippen molar-refractivity contribution < 1.29 is 14.3 Å². The van der Waals surface area contributed by atoms with Crippen molar-refractivity contribution in [1.29, 1.82) is 0 Å². The predicted octanol–water partition coefficient (Wildman–Crippen LogP) is 3.26. The number of primary amides is 1. The fourth-order valence-corrected chi connectivity index (χ4v) is 4.35. The molecule has 29 heavy (non-hydrogen) atoms. The van der Waals surface area contributed by atoms with Gasteiger partial charge in [-0.05, 0) is 62.2 Å². The number of carbonyl (C=O) groups excluding carboxylic acids is 2. The SMILES string of the molecule is COc1ccc(SC(C)C(=O)Nc2ccccc2CN2CCCC2C(N)=O)cc1. The summed E-state index contributed by atoms with van der Waals surface area (Å²) in [5.74, 6) is 0.441. The number of rotatable bonds is 8. The molecule has 1 heterocycles. The monoisotopic (exact) mass is 413 g/mol. The van der Waals surface area contributed by atoms with Gasteiger partial charge in [-0.25, -0.2) is 0 Å². The number of likely N-dealkylation sites (tertiary alicyclic amines) is 1. The van der Waals surface area contributed by atoms with Crippen LogP contribution >= 0.6 is 11.8 Å². The average Bonchev–Trinajstić information content (AvgIpc) is 3.18. The standard InChI is InChI=1S/C22H27N3O3S/c1-15(29-18-11-9-17(28-2)10-12-18)22(27)24-19-7-4-3-6-16(19)14-25-13-5-8-20(25)21(23)26/h3-4,6-7,9-12,15,20H,5,8,13-14H2,1-2H3,(H2,23,26)(H,24,27). The van der Waals surface area contributed by atoms with E-state index in [0.717, 1.165) is 41.3 Å². The Kier molecular flexibility index (Phi) is 7.17. The second kappa shape index (κ2) is 9.80. The summed E-state index contributed by atoms with van der Waals surface area (Å²) in [6.07, 6.45) is 1.75. The first kappa shape index (κ1) is 21.2. The van der Waals surface area contributed by atoms with Gasteiger partial charge in [0.25, 0.3) is 0 Å². The van der Waals surface area contributed by atoms with Gasteiger partial charge in [-0.15, -0.1) is 11.8 Å². The highest BCUT2D eigenvalue weighted by Gasteiger charge is 2.29. The Labute approximate surface area is 175 Å². The number of nitrogens with one attached hydrogen (secondary N) is 1. The van der Waals surface area contributed by atoms with Gasteiger partial charge in [-0.3, -0.25) is 14.5 Å². The maximum absolute atomic E-state index is 12.8. The molecule has 0 bridgehead atoms. The van der Waals surface area contributed by atoms with Crippen LogP contribution in [0.15, 0.2) is 53.4 Å². The van der Waals surface area contributed by atoms with Gasteiger partial charge in [-0.1, -0.05) is 18.2 Å². The first-order chi connectivity index (χ1) is 14.0. The van der Waals surface area contributed by atoms with Crippen molar-refractivity contribution in [3.05, 3.63) is 54.1 Å². The van der Waals surface area contributed by atoms with Crippen LogP contribution in [0.4, 0.5) is 5.69 Å². The lowest BCUT2D eigenvalue weighted by Crippen LogP contribution is -2.39. The fraction of sp³-hybridized carbons (Fsp3) is 0.364. The van der Waals surface area contributed by atoms with Crippen LogP contribution in [0.2, 0.25) is 0 Å². The third kappa shape index (κ3) is 5.52. The van der Waals surface area contributed by atoms with Crippen LogP contribution in [0.25, 0.3) is 0 Å². The number of ether oxygens (including phenoxy) is 1. The number of nitrogens with two attached hydrogens (primary N) is 1. The summed E-state index contributed by atoms with van der Waals surface area (Å²) in [6.45, 7) is 3.31. The van der Waals surface area contributed by atoms with Gasteiger partial charge in [-0.2, -0.15) is 0 Å². The van der Waals surface area contributed by atoms with Crippen LogP contribution in [-0.2, 0) is 16.1 Å². The summed E-state index contributed by atoms with van der Waals surface area (Å²) in [6, 6.07) is 15.1. The largest absolute Gasteiger partial charge is 0.497 e. The van der Waals surface area contributed by atoms with Crippen LogP contribution in [-0.4, -0.2) is 41.7 Å². The molecule has 0 aliphatic carbocycles. The summed E-state index contributed by atoms with van der Waals surface area (Å²) in [5, 5.41) is 2.78. The molecule has 1 aliphatic heterocycles. The van der Waals surface area contributed by atoms with E-state index in [1.165, 1.54) is 11.8 Å². The second-order valence-corrected chi connectivity index (χ2v) is 8.53. The van der Waals surface area contributed by atoms with E-state index in [2.05, 4.69) is 10.2 Å². The number of amides is 2. The quantitative estimate of drug-likeness (QED) is 0.649. The number of carbonyl (C=O) groups is 2. The smallest absolute Gasteiger partial charge is 0.237 e. The Morgan fingerprint density at radius 3 is 2.66 bits per heavy atom. The number of hydrogen-bond acceptors (Lipinski definition) is 5. The molecule has 7 heteroatoms. The number of thioether (sulfide) groups is 1. The molecule has 3 rings (SSSR count). The Morgan fingerprint density at radius 1 is 1.24 bits per heavy atom. The van der Waals surface area contributed by atoms with Crippen molar-refractivity contribution >= 4 is 29.3 Å². The summed E-state index contributed by atoms with van der Waals surface area (Å²) in [5.41, 5.74) is 7.29. The number of hydrogen-bond donors (Lipinski definition) is 2. The molecule has 0 aromatic heterocycles. The Bertz CT molecular complexity index is 857. The molecule has 1 saturated heterocycles. The molecule has 0 spiro atoms. The maximum Gasteiger partial charge on any atom is 0.237 e. The third-order valence-corrected chi connectivity index (χ3v) is 6.19. The lowest BCUT2D eigenvalue weighted by Gasteiger charge is -2.23. The normalized spacial score (nSPS) is 17.7. The minimum atomic E-state index is -0.284. The van der Waals surface area contributed by atoms with E-state index in [1.807, 2.05) is 55.5 Å². The molecule has 0 radical (unpaired) electrons. The molecule has 6 nitrogen and oxygen atoms in total. The van der Waals surface area contributed by atoms with E-state index in [0.29, 0.717) is 6.54 Å². The number of anilines is 1. The Balaban J connectivity index is 1.64. The molecule has 2 unspecified atom stereocenters. The lowest BCUT2D eigenvalue weighted by molar-refractivity contribution is -0.122. The van der Waals surface area contributed by atoms with Crippen LogP contribution < -0.4 is 15.8 Å². The second-order valence-electron chi connectivity index (χ2n) is 7.11. The maximum atomic E-state index is 12.8. The van der Waals surface area contributed by atoms with E-state index in [-0.39, 0.29) is 23.1 Å². The highest BCUT2D eigenvalue weighted by molar-refractivity contribution is 8.00. The van der Waals surface area contributed by atoms with Gasteiger partial charge in [0.1, 0.15) is 5.75 Å². The zero-order chi connectivity index (χ0) is 20.8. The van der Waals surface area contributed by atoms with E-state index in [4.69, 9.17) is 10.5 Å². The fourth-order valence-electron chi connectivity index (χ4n) is 3.48. The molecular formula is C22H27N3O3S. The minimum absolute atomic E-state index is 0.0638. The molecule has 1 fully saturated rings. The molecule has 3 N–H and O–H groups in total. The minimum Gasteiger partial charge on any atom is -0.497 e. The number of nitrogens with zero attached hydrogens (tertiary/aromatic N) is 1. The third-order valence-electron chi connectivity index (χ3n) is 5.08. The number of benzene rings is 2. The van der Waals surface area contributed by atoms with Gasteiger partial charge in [0.15, 0.2) is 0 Å². The van der Waals surface area contributed by atoms with Crippen molar-refractivity contribution in [3.63, 3.8) is 0 Å². The summed E-state index contributed by atoms with van der Waals surface area (Å²) in [7, 11) is 1.63. The lowest BCUT2D eigenvalue weighted by atomic mass is 10.1. The molecule has 2 aromatic rings. The van der Waals surface area contributed by atoms with Gasteiger partial charge >= 0.3 is 0 Å². The first-order valence-electron chi connectivity index (χ1n) is 9.70. The molecule has 2 atom stereocenters. The highest BCUT2D eigenvalue weighted by atomic mass is 32.2. The predicted molar refractivity (Wildman–Crippen MR) is 116 cm³/mol. The van der Waals surface area contributed by atoms with Crippen molar-refractivity contribution in [2.75, 3.05) is 19.0 Å². The van der Waals surface area contributed by atoms with Crippen LogP contribution in [0.3, 0.4) is 0 Å². The molecule has 1 aliphatic rings. The Morgan fingerprint density at radius 2 is 1.97 bits per heavy atom. The molecule has 154 valence electrons. The molecule has 2 amide bonds. The van der Waals surface area contributed by atoms with Crippen molar-refractivity contribution in [2.24, 2.45) is 5.73 Å². The summed E-state index contributed by atoms with van der Waals surface area (Å²) >= 11 is 1.49. The number of methoxy groups -OCH3 is 1. The van der Waals surface area contributed by atoms with E-state index >= 15 is 0 Å². The van der Waals surface area contributed by atoms with Gasteiger partial charge in [0, 0.05) is 17.1 Å². The van der Waals surface area contributed by atoms with E-state index in [9.17, 15) is 9.59 Å². The summed E-state index contributed by atoms with van der Waals surface area (Å²) < 4.78 is 5.17.